The Balaban J connectivity index is 2.13. The molecule has 1 N–H and O–H groups in total. The van der Waals surface area contributed by atoms with Crippen LogP contribution >= 0.6 is 15.9 Å². The van der Waals surface area contributed by atoms with E-state index in [0.717, 1.165) is 29.6 Å². The maximum absolute atomic E-state index is 4.46. The Morgan fingerprint density at radius 2 is 2.20 bits per heavy atom. The van der Waals surface area contributed by atoms with Crippen LogP contribution in [0.3, 0.4) is 0 Å². The minimum absolute atomic E-state index is 0.385. The zero-order chi connectivity index (χ0) is 14.5. The van der Waals surface area contributed by atoms with Gasteiger partial charge in [0.15, 0.2) is 0 Å². The van der Waals surface area contributed by atoms with Crippen LogP contribution in [0.4, 0.5) is 0 Å². The highest BCUT2D eigenvalue weighted by Gasteiger charge is 2.16. The van der Waals surface area contributed by atoms with Gasteiger partial charge in [-0.25, -0.2) is 0 Å². The lowest BCUT2D eigenvalue weighted by molar-refractivity contribution is 0.503. The fraction of sp³-hybridized carbons (Fsp3) is 0.467. The summed E-state index contributed by atoms with van der Waals surface area (Å²) in [4.78, 5) is 4.19. The number of rotatable bonds is 6. The lowest BCUT2D eigenvalue weighted by atomic mass is 10.0. The Morgan fingerprint density at radius 3 is 2.75 bits per heavy atom. The smallest absolute Gasteiger partial charge is 0.0738 e. The van der Waals surface area contributed by atoms with Crippen molar-refractivity contribution in [3.8, 4) is 0 Å². The molecule has 0 saturated heterocycles. The molecule has 0 saturated carbocycles. The molecule has 4 nitrogen and oxygen atoms in total. The van der Waals surface area contributed by atoms with Crippen LogP contribution in [0, 0.1) is 6.92 Å². The molecule has 2 aromatic rings. The summed E-state index contributed by atoms with van der Waals surface area (Å²) < 4.78 is 3.08. The van der Waals surface area contributed by atoms with Crippen molar-refractivity contribution in [3.63, 3.8) is 0 Å². The number of likely N-dealkylation sites (N-methyl/N-ethyl adjacent to an activating group) is 1. The summed E-state index contributed by atoms with van der Waals surface area (Å²) in [6.45, 7) is 5.12. The summed E-state index contributed by atoms with van der Waals surface area (Å²) in [6, 6.07) is 4.50. The first kappa shape index (κ1) is 15.2. The van der Waals surface area contributed by atoms with E-state index in [1.165, 1.54) is 11.3 Å². The molecule has 2 aromatic heterocycles. The number of pyridine rings is 1. The Morgan fingerprint density at radius 1 is 1.40 bits per heavy atom. The second-order valence-electron chi connectivity index (χ2n) is 4.99. The second kappa shape index (κ2) is 6.99. The zero-order valence-electron chi connectivity index (χ0n) is 12.2. The van der Waals surface area contributed by atoms with Crippen molar-refractivity contribution >= 4 is 15.9 Å². The fourth-order valence-corrected chi connectivity index (χ4v) is 2.94. The summed E-state index contributed by atoms with van der Waals surface area (Å²) in [5.41, 5.74) is 3.53. The van der Waals surface area contributed by atoms with Gasteiger partial charge in [-0.1, -0.05) is 13.0 Å². The van der Waals surface area contributed by atoms with Crippen LogP contribution in [0.25, 0.3) is 0 Å². The van der Waals surface area contributed by atoms with Crippen LogP contribution in [-0.2, 0) is 19.9 Å². The quantitative estimate of drug-likeness (QED) is 0.881. The molecule has 5 heteroatoms. The fourth-order valence-electron chi connectivity index (χ4n) is 2.44. The van der Waals surface area contributed by atoms with E-state index < -0.39 is 0 Å². The lowest BCUT2D eigenvalue weighted by Crippen LogP contribution is -2.33. The maximum atomic E-state index is 4.46. The van der Waals surface area contributed by atoms with Crippen LogP contribution in [-0.4, -0.2) is 27.4 Å². The van der Waals surface area contributed by atoms with Crippen LogP contribution < -0.4 is 5.32 Å². The molecule has 0 aliphatic rings. The van der Waals surface area contributed by atoms with Crippen molar-refractivity contribution in [3.05, 3.63) is 46.0 Å². The predicted octanol–water partition coefficient (Wildman–Crippen LogP) is 2.65. The first-order chi connectivity index (χ1) is 9.61. The van der Waals surface area contributed by atoms with E-state index in [1.807, 2.05) is 37.1 Å². The highest BCUT2D eigenvalue weighted by molar-refractivity contribution is 9.10. The van der Waals surface area contributed by atoms with E-state index >= 15 is 0 Å². The topological polar surface area (TPSA) is 42.7 Å². The summed E-state index contributed by atoms with van der Waals surface area (Å²) >= 11 is 3.64. The third kappa shape index (κ3) is 3.67. The SMILES string of the molecule is CCNC(Cc1cccnc1)Cc1c(Br)c(C)nn1C. The van der Waals surface area contributed by atoms with Gasteiger partial charge in [0.1, 0.15) is 0 Å². The highest BCUT2D eigenvalue weighted by Crippen LogP contribution is 2.22. The number of nitrogens with zero attached hydrogens (tertiary/aromatic N) is 3. The molecule has 0 aliphatic heterocycles. The van der Waals surface area contributed by atoms with Crippen molar-refractivity contribution in [2.45, 2.75) is 32.7 Å². The molecule has 2 heterocycles. The molecule has 1 atom stereocenters. The van der Waals surface area contributed by atoms with Crippen LogP contribution in [0.5, 0.6) is 0 Å². The summed E-state index contributed by atoms with van der Waals surface area (Å²) in [5, 5.41) is 8.01. The second-order valence-corrected chi connectivity index (χ2v) is 5.79. The third-order valence-electron chi connectivity index (χ3n) is 3.40. The maximum Gasteiger partial charge on any atom is 0.0738 e. The summed E-state index contributed by atoms with van der Waals surface area (Å²) in [5.74, 6) is 0. The molecule has 0 fully saturated rings. The van der Waals surface area contributed by atoms with Gasteiger partial charge in [-0.3, -0.25) is 9.67 Å². The van der Waals surface area contributed by atoms with Crippen LogP contribution in [0.2, 0.25) is 0 Å². The van der Waals surface area contributed by atoms with Crippen molar-refractivity contribution < 1.29 is 0 Å². The van der Waals surface area contributed by atoms with Crippen molar-refractivity contribution in [1.82, 2.24) is 20.1 Å². The number of hydrogen-bond acceptors (Lipinski definition) is 3. The van der Waals surface area contributed by atoms with E-state index in [4.69, 9.17) is 0 Å². The molecule has 2 rings (SSSR count). The van der Waals surface area contributed by atoms with E-state index in [9.17, 15) is 0 Å². The first-order valence-corrected chi connectivity index (χ1v) is 7.71. The molecular formula is C15H21BrN4. The average Bonchev–Trinajstić information content (AvgIpc) is 2.67. The van der Waals surface area contributed by atoms with Gasteiger partial charge in [-0.05, 0) is 47.4 Å². The predicted molar refractivity (Wildman–Crippen MR) is 84.8 cm³/mol. The molecule has 108 valence electrons. The van der Waals surface area contributed by atoms with Gasteiger partial charge >= 0.3 is 0 Å². The van der Waals surface area contributed by atoms with E-state index in [1.54, 1.807) is 0 Å². The normalized spacial score (nSPS) is 12.6. The van der Waals surface area contributed by atoms with Gasteiger partial charge < -0.3 is 5.32 Å². The largest absolute Gasteiger partial charge is 0.314 e. The Bertz CT molecular complexity index is 551. The highest BCUT2D eigenvalue weighted by atomic mass is 79.9. The van der Waals surface area contributed by atoms with Crippen molar-refractivity contribution in [2.24, 2.45) is 7.05 Å². The summed E-state index contributed by atoms with van der Waals surface area (Å²) in [6.07, 6.45) is 5.67. The van der Waals surface area contributed by atoms with Gasteiger partial charge in [0.25, 0.3) is 0 Å². The van der Waals surface area contributed by atoms with E-state index in [0.29, 0.717) is 6.04 Å². The first-order valence-electron chi connectivity index (χ1n) is 6.92. The van der Waals surface area contributed by atoms with Crippen LogP contribution in [0.1, 0.15) is 23.9 Å². The molecule has 20 heavy (non-hydrogen) atoms. The molecule has 1 unspecified atom stereocenters. The molecule has 0 amide bonds. The lowest BCUT2D eigenvalue weighted by Gasteiger charge is -2.18. The van der Waals surface area contributed by atoms with Gasteiger partial charge in [0, 0.05) is 31.9 Å². The third-order valence-corrected chi connectivity index (χ3v) is 4.43. The Kier molecular flexibility index (Phi) is 5.31. The van der Waals surface area contributed by atoms with Gasteiger partial charge in [-0.15, -0.1) is 0 Å². The van der Waals surface area contributed by atoms with E-state index in [-0.39, 0.29) is 0 Å². The standard InChI is InChI=1S/C15H21BrN4/c1-4-18-13(8-12-6-5-7-17-10-12)9-14-15(16)11(2)19-20(14)3/h5-7,10,13,18H,4,8-9H2,1-3H3. The molecule has 0 aliphatic carbocycles. The monoisotopic (exact) mass is 336 g/mol. The Labute approximate surface area is 128 Å². The van der Waals surface area contributed by atoms with Crippen molar-refractivity contribution in [1.29, 1.82) is 0 Å². The minimum Gasteiger partial charge on any atom is -0.314 e. The number of aryl methyl sites for hydroxylation is 2. The van der Waals surface area contributed by atoms with Gasteiger partial charge in [0.2, 0.25) is 0 Å². The van der Waals surface area contributed by atoms with Gasteiger partial charge in [0.05, 0.1) is 15.9 Å². The van der Waals surface area contributed by atoms with Gasteiger partial charge in [-0.2, -0.15) is 5.10 Å². The number of hydrogen-bond donors (Lipinski definition) is 1. The average molecular weight is 337 g/mol. The number of aromatic nitrogens is 3. The van der Waals surface area contributed by atoms with Crippen molar-refractivity contribution in [2.75, 3.05) is 6.54 Å². The Hall–Kier alpha value is -1.20. The summed E-state index contributed by atoms with van der Waals surface area (Å²) in [7, 11) is 2.00. The minimum atomic E-state index is 0.385. The molecule has 0 spiro atoms. The van der Waals surface area contributed by atoms with Crippen LogP contribution in [0.15, 0.2) is 29.0 Å². The number of halogens is 1. The molecule has 0 bridgehead atoms. The molecule has 0 radical (unpaired) electrons. The number of nitrogens with one attached hydrogen (secondary N) is 1. The van der Waals surface area contributed by atoms with E-state index in [2.05, 4.69) is 44.3 Å². The molecule has 0 aromatic carbocycles. The molecular weight excluding hydrogens is 316 g/mol. The zero-order valence-corrected chi connectivity index (χ0v) is 13.8.